The van der Waals surface area contributed by atoms with Gasteiger partial charge in [-0.05, 0) is 37.8 Å². The van der Waals surface area contributed by atoms with Crippen molar-refractivity contribution in [2.45, 2.75) is 45.4 Å². The van der Waals surface area contributed by atoms with E-state index in [1.807, 2.05) is 0 Å². The third-order valence-corrected chi connectivity index (χ3v) is 4.81. The lowest BCUT2D eigenvalue weighted by atomic mass is 9.84. The minimum atomic E-state index is 0.505. The lowest BCUT2D eigenvalue weighted by Gasteiger charge is -2.38. The molecule has 1 aromatic rings. The van der Waals surface area contributed by atoms with Crippen LogP contribution in [0.15, 0.2) is 5.38 Å². The fourth-order valence-corrected chi connectivity index (χ4v) is 3.78. The minimum absolute atomic E-state index is 0.505. The molecular formula is C14H23ClN2S. The van der Waals surface area contributed by atoms with Crippen molar-refractivity contribution in [3.05, 3.63) is 16.1 Å². The van der Waals surface area contributed by atoms with Gasteiger partial charge in [0.1, 0.15) is 0 Å². The van der Waals surface area contributed by atoms with Gasteiger partial charge < -0.3 is 4.90 Å². The molecule has 2 nitrogen and oxygen atoms in total. The average molecular weight is 287 g/mol. The van der Waals surface area contributed by atoms with Crippen LogP contribution in [0.1, 0.15) is 43.8 Å². The second kappa shape index (κ2) is 6.36. The number of likely N-dealkylation sites (tertiary alicyclic amines) is 1. The first-order valence-electron chi connectivity index (χ1n) is 6.81. The zero-order valence-electron chi connectivity index (χ0n) is 11.4. The summed E-state index contributed by atoms with van der Waals surface area (Å²) in [5.41, 5.74) is 1.53. The SMILES string of the molecule is CC1(C)CCCN(CCCc2nc(CCl)cs2)C1. The summed E-state index contributed by atoms with van der Waals surface area (Å²) in [6.45, 7) is 8.49. The average Bonchev–Trinajstić information content (AvgIpc) is 2.76. The van der Waals surface area contributed by atoms with E-state index in [2.05, 4.69) is 29.1 Å². The molecule has 0 N–H and O–H groups in total. The van der Waals surface area contributed by atoms with Crippen LogP contribution in [0.3, 0.4) is 0 Å². The topological polar surface area (TPSA) is 16.1 Å². The van der Waals surface area contributed by atoms with Gasteiger partial charge in [-0.2, -0.15) is 0 Å². The zero-order chi connectivity index (χ0) is 13.0. The highest BCUT2D eigenvalue weighted by atomic mass is 35.5. The Hall–Kier alpha value is -0.120. The second-order valence-corrected chi connectivity index (χ2v) is 7.22. The zero-order valence-corrected chi connectivity index (χ0v) is 13.0. The summed E-state index contributed by atoms with van der Waals surface area (Å²) >= 11 is 7.51. The monoisotopic (exact) mass is 286 g/mol. The fourth-order valence-electron chi connectivity index (χ4n) is 2.71. The van der Waals surface area contributed by atoms with Gasteiger partial charge in [0.05, 0.1) is 16.6 Å². The number of hydrogen-bond acceptors (Lipinski definition) is 3. The molecule has 102 valence electrons. The van der Waals surface area contributed by atoms with Crippen LogP contribution in [-0.4, -0.2) is 29.5 Å². The maximum atomic E-state index is 5.76. The lowest BCUT2D eigenvalue weighted by Crippen LogP contribution is -2.40. The van der Waals surface area contributed by atoms with Crippen LogP contribution in [0.25, 0.3) is 0 Å². The van der Waals surface area contributed by atoms with E-state index in [-0.39, 0.29) is 0 Å². The van der Waals surface area contributed by atoms with Gasteiger partial charge in [-0.1, -0.05) is 13.8 Å². The smallest absolute Gasteiger partial charge is 0.0929 e. The molecule has 1 aliphatic rings. The summed E-state index contributed by atoms with van der Waals surface area (Å²) in [7, 11) is 0. The highest BCUT2D eigenvalue weighted by Gasteiger charge is 2.25. The first-order valence-corrected chi connectivity index (χ1v) is 8.22. The van der Waals surface area contributed by atoms with Gasteiger partial charge in [0.25, 0.3) is 0 Å². The number of thiazole rings is 1. The Morgan fingerprint density at radius 1 is 1.50 bits per heavy atom. The predicted molar refractivity (Wildman–Crippen MR) is 79.4 cm³/mol. The van der Waals surface area contributed by atoms with E-state index in [4.69, 9.17) is 11.6 Å². The van der Waals surface area contributed by atoms with Gasteiger partial charge in [0, 0.05) is 18.3 Å². The molecule has 0 radical (unpaired) electrons. The highest BCUT2D eigenvalue weighted by molar-refractivity contribution is 7.09. The molecule has 2 rings (SSSR count). The van der Waals surface area contributed by atoms with E-state index in [1.54, 1.807) is 11.3 Å². The molecule has 0 unspecified atom stereocenters. The molecule has 18 heavy (non-hydrogen) atoms. The molecule has 1 saturated heterocycles. The molecule has 1 fully saturated rings. The Morgan fingerprint density at radius 2 is 2.33 bits per heavy atom. The third kappa shape index (κ3) is 4.22. The van der Waals surface area contributed by atoms with Crippen molar-refractivity contribution in [3.63, 3.8) is 0 Å². The van der Waals surface area contributed by atoms with E-state index in [1.165, 1.54) is 43.9 Å². The first kappa shape index (κ1) is 14.3. The summed E-state index contributed by atoms with van der Waals surface area (Å²) in [6.07, 6.45) is 5.03. The van der Waals surface area contributed by atoms with Gasteiger partial charge >= 0.3 is 0 Å². The highest BCUT2D eigenvalue weighted by Crippen LogP contribution is 2.28. The molecule has 0 aliphatic carbocycles. The molecule has 0 amide bonds. The van der Waals surface area contributed by atoms with Gasteiger partial charge in [-0.25, -0.2) is 4.98 Å². The Balaban J connectivity index is 1.71. The molecule has 4 heteroatoms. The van der Waals surface area contributed by atoms with Gasteiger partial charge in [0.2, 0.25) is 0 Å². The van der Waals surface area contributed by atoms with Crippen molar-refractivity contribution in [1.29, 1.82) is 0 Å². The molecular weight excluding hydrogens is 264 g/mol. The maximum absolute atomic E-state index is 5.76. The first-order chi connectivity index (χ1) is 8.59. The molecule has 0 atom stereocenters. The van der Waals surface area contributed by atoms with E-state index in [9.17, 15) is 0 Å². The van der Waals surface area contributed by atoms with E-state index in [0.29, 0.717) is 11.3 Å². The Morgan fingerprint density at radius 3 is 3.00 bits per heavy atom. The largest absolute Gasteiger partial charge is 0.303 e. The number of alkyl halides is 1. The summed E-state index contributed by atoms with van der Waals surface area (Å²) in [4.78, 5) is 7.12. The third-order valence-electron chi connectivity index (χ3n) is 3.58. The quantitative estimate of drug-likeness (QED) is 0.762. The number of halogens is 1. The molecule has 0 spiro atoms. The van der Waals surface area contributed by atoms with E-state index in [0.717, 1.165) is 12.1 Å². The van der Waals surface area contributed by atoms with Crippen LogP contribution < -0.4 is 0 Å². The predicted octanol–water partition coefficient (Wildman–Crippen LogP) is 3.94. The van der Waals surface area contributed by atoms with Crippen LogP contribution in [-0.2, 0) is 12.3 Å². The molecule has 0 bridgehead atoms. The van der Waals surface area contributed by atoms with Crippen molar-refractivity contribution < 1.29 is 0 Å². The number of aryl methyl sites for hydroxylation is 1. The maximum Gasteiger partial charge on any atom is 0.0929 e. The van der Waals surface area contributed by atoms with Crippen LogP contribution >= 0.6 is 22.9 Å². The number of nitrogens with zero attached hydrogens (tertiary/aromatic N) is 2. The number of rotatable bonds is 5. The number of piperidine rings is 1. The number of aromatic nitrogens is 1. The van der Waals surface area contributed by atoms with Crippen LogP contribution in [0.2, 0.25) is 0 Å². The Kier molecular flexibility index (Phi) is 5.05. The fraction of sp³-hybridized carbons (Fsp3) is 0.786. The van der Waals surface area contributed by atoms with Crippen molar-refractivity contribution in [2.24, 2.45) is 5.41 Å². The Labute approximate surface area is 119 Å². The number of hydrogen-bond donors (Lipinski definition) is 0. The normalized spacial score (nSPS) is 20.2. The van der Waals surface area contributed by atoms with Crippen molar-refractivity contribution >= 4 is 22.9 Å². The molecule has 2 heterocycles. The second-order valence-electron chi connectivity index (χ2n) is 6.01. The minimum Gasteiger partial charge on any atom is -0.303 e. The van der Waals surface area contributed by atoms with Crippen molar-refractivity contribution in [2.75, 3.05) is 19.6 Å². The summed E-state index contributed by atoms with van der Waals surface area (Å²) in [6, 6.07) is 0. The van der Waals surface area contributed by atoms with Crippen LogP contribution in [0.4, 0.5) is 0 Å². The molecule has 0 aromatic carbocycles. The van der Waals surface area contributed by atoms with Crippen molar-refractivity contribution in [3.8, 4) is 0 Å². The standard InChI is InChI=1S/C14H23ClN2S/c1-14(2)6-4-8-17(11-14)7-3-5-13-16-12(9-15)10-18-13/h10H,3-9,11H2,1-2H3. The van der Waals surface area contributed by atoms with Crippen LogP contribution in [0.5, 0.6) is 0 Å². The van der Waals surface area contributed by atoms with Gasteiger partial charge in [0.15, 0.2) is 0 Å². The molecule has 1 aromatic heterocycles. The van der Waals surface area contributed by atoms with Gasteiger partial charge in [-0.3, -0.25) is 0 Å². The van der Waals surface area contributed by atoms with E-state index < -0.39 is 0 Å². The van der Waals surface area contributed by atoms with E-state index >= 15 is 0 Å². The lowest BCUT2D eigenvalue weighted by molar-refractivity contribution is 0.117. The Bertz CT molecular complexity index is 376. The van der Waals surface area contributed by atoms with Crippen LogP contribution in [0, 0.1) is 5.41 Å². The summed E-state index contributed by atoms with van der Waals surface area (Å²) < 4.78 is 0. The molecule has 0 saturated carbocycles. The van der Waals surface area contributed by atoms with Gasteiger partial charge in [-0.15, -0.1) is 22.9 Å². The summed E-state index contributed by atoms with van der Waals surface area (Å²) in [5, 5.41) is 3.31. The summed E-state index contributed by atoms with van der Waals surface area (Å²) in [5.74, 6) is 0.539. The molecule has 1 aliphatic heterocycles. The van der Waals surface area contributed by atoms with Crippen molar-refractivity contribution in [1.82, 2.24) is 9.88 Å².